The SMILES string of the molecule is COc1cc(/C=C2\C(=O)NC(=O)N(c3cc(Cl)ccc3C)C2=O)cc(I)c1OC(C)C. The monoisotopic (exact) mass is 554 g/mol. The summed E-state index contributed by atoms with van der Waals surface area (Å²) in [7, 11) is 1.51. The van der Waals surface area contributed by atoms with Crippen LogP contribution in [0.5, 0.6) is 11.5 Å². The number of barbiturate groups is 1. The first-order valence-corrected chi connectivity index (χ1v) is 10.8. The molecule has 31 heavy (non-hydrogen) atoms. The summed E-state index contributed by atoms with van der Waals surface area (Å²) < 4.78 is 12.0. The molecular weight excluding hydrogens is 535 g/mol. The van der Waals surface area contributed by atoms with E-state index < -0.39 is 17.8 Å². The highest BCUT2D eigenvalue weighted by molar-refractivity contribution is 14.1. The van der Waals surface area contributed by atoms with Crippen LogP contribution in [0.1, 0.15) is 25.0 Å². The lowest BCUT2D eigenvalue weighted by Crippen LogP contribution is -2.54. The van der Waals surface area contributed by atoms with Gasteiger partial charge in [0.05, 0.1) is 22.5 Å². The maximum absolute atomic E-state index is 13.1. The van der Waals surface area contributed by atoms with Crippen molar-refractivity contribution in [2.24, 2.45) is 0 Å². The van der Waals surface area contributed by atoms with E-state index in [2.05, 4.69) is 27.9 Å². The van der Waals surface area contributed by atoms with Gasteiger partial charge in [0.1, 0.15) is 5.57 Å². The van der Waals surface area contributed by atoms with E-state index in [1.807, 2.05) is 13.8 Å². The van der Waals surface area contributed by atoms with Gasteiger partial charge in [-0.2, -0.15) is 0 Å². The van der Waals surface area contributed by atoms with Gasteiger partial charge < -0.3 is 9.47 Å². The lowest BCUT2D eigenvalue weighted by atomic mass is 10.1. The summed E-state index contributed by atoms with van der Waals surface area (Å²) in [5.41, 5.74) is 1.33. The molecule has 7 nitrogen and oxygen atoms in total. The number of rotatable bonds is 5. The summed E-state index contributed by atoms with van der Waals surface area (Å²) in [5, 5.41) is 2.58. The molecule has 1 aliphatic rings. The second kappa shape index (κ2) is 9.27. The van der Waals surface area contributed by atoms with Crippen molar-refractivity contribution in [3.8, 4) is 11.5 Å². The minimum atomic E-state index is -0.828. The highest BCUT2D eigenvalue weighted by atomic mass is 127. The Kier molecular flexibility index (Phi) is 6.90. The molecule has 1 saturated heterocycles. The molecule has 4 amide bonds. The predicted octanol–water partition coefficient (Wildman–Crippen LogP) is 4.72. The number of urea groups is 1. The molecule has 0 aliphatic carbocycles. The lowest BCUT2D eigenvalue weighted by molar-refractivity contribution is -0.122. The second-order valence-corrected chi connectivity index (χ2v) is 8.69. The zero-order valence-electron chi connectivity index (χ0n) is 17.3. The lowest BCUT2D eigenvalue weighted by Gasteiger charge is -2.27. The van der Waals surface area contributed by atoms with Gasteiger partial charge in [-0.15, -0.1) is 0 Å². The summed E-state index contributed by atoms with van der Waals surface area (Å²) in [6.07, 6.45) is 1.36. The molecule has 1 heterocycles. The Morgan fingerprint density at radius 3 is 2.52 bits per heavy atom. The highest BCUT2D eigenvalue weighted by Gasteiger charge is 2.37. The van der Waals surface area contributed by atoms with Crippen molar-refractivity contribution in [3.05, 3.63) is 55.6 Å². The Morgan fingerprint density at radius 2 is 1.87 bits per heavy atom. The zero-order valence-corrected chi connectivity index (χ0v) is 20.2. The Hall–Kier alpha value is -2.59. The first-order chi connectivity index (χ1) is 14.6. The molecule has 1 fully saturated rings. The average Bonchev–Trinajstić information content (AvgIpc) is 2.69. The number of anilines is 1. The van der Waals surface area contributed by atoms with Crippen molar-refractivity contribution in [3.63, 3.8) is 0 Å². The van der Waals surface area contributed by atoms with Gasteiger partial charge >= 0.3 is 6.03 Å². The fraction of sp³-hybridized carbons (Fsp3) is 0.227. The van der Waals surface area contributed by atoms with Crippen LogP contribution in [-0.2, 0) is 9.59 Å². The largest absolute Gasteiger partial charge is 0.493 e. The molecule has 0 atom stereocenters. The van der Waals surface area contributed by atoms with Crippen LogP contribution in [0.4, 0.5) is 10.5 Å². The number of amides is 4. The Balaban J connectivity index is 2.06. The number of imide groups is 2. The van der Waals surface area contributed by atoms with Crippen molar-refractivity contribution in [2.45, 2.75) is 26.9 Å². The number of nitrogens with zero attached hydrogens (tertiary/aromatic N) is 1. The molecule has 0 unspecified atom stereocenters. The molecule has 1 N–H and O–H groups in total. The number of aryl methyl sites for hydroxylation is 1. The van der Waals surface area contributed by atoms with E-state index in [4.69, 9.17) is 21.1 Å². The third-order valence-corrected chi connectivity index (χ3v) is 5.47. The number of carbonyl (C=O) groups excluding carboxylic acids is 3. The minimum absolute atomic E-state index is 0.0576. The van der Waals surface area contributed by atoms with Crippen LogP contribution in [0.15, 0.2) is 35.9 Å². The molecule has 0 spiro atoms. The molecule has 2 aromatic rings. The van der Waals surface area contributed by atoms with Gasteiger partial charge in [-0.05, 0) is 84.8 Å². The van der Waals surface area contributed by atoms with Crippen molar-refractivity contribution < 1.29 is 23.9 Å². The van der Waals surface area contributed by atoms with Crippen molar-refractivity contribution in [1.29, 1.82) is 0 Å². The van der Waals surface area contributed by atoms with Gasteiger partial charge in [-0.1, -0.05) is 17.7 Å². The van der Waals surface area contributed by atoms with Gasteiger partial charge in [0, 0.05) is 5.02 Å². The third kappa shape index (κ3) is 4.85. The van der Waals surface area contributed by atoms with Crippen LogP contribution in [0.25, 0.3) is 6.08 Å². The first-order valence-electron chi connectivity index (χ1n) is 9.34. The third-order valence-electron chi connectivity index (χ3n) is 4.43. The van der Waals surface area contributed by atoms with Gasteiger partial charge in [-0.25, -0.2) is 9.69 Å². The number of hydrogen-bond acceptors (Lipinski definition) is 5. The van der Waals surface area contributed by atoms with Crippen LogP contribution in [-0.4, -0.2) is 31.1 Å². The zero-order chi connectivity index (χ0) is 22.9. The normalized spacial score (nSPS) is 15.5. The topological polar surface area (TPSA) is 84.9 Å². The van der Waals surface area contributed by atoms with Crippen molar-refractivity contribution in [1.82, 2.24) is 5.32 Å². The standard InChI is InChI=1S/C22H20ClIN2O5/c1-11(2)31-19-16(24)8-13(9-18(19)30-4)7-15-20(27)25-22(29)26(21(15)28)17-10-14(23)6-5-12(17)3/h5-11H,1-4H3,(H,25,27,29)/b15-7+. The minimum Gasteiger partial charge on any atom is -0.493 e. The van der Waals surface area contributed by atoms with E-state index in [1.165, 1.54) is 19.3 Å². The van der Waals surface area contributed by atoms with Crippen LogP contribution in [0.3, 0.4) is 0 Å². The molecule has 0 saturated carbocycles. The second-order valence-electron chi connectivity index (χ2n) is 7.09. The number of methoxy groups -OCH3 is 1. The molecular formula is C22H20ClIN2O5. The summed E-state index contributed by atoms with van der Waals surface area (Å²) in [6.45, 7) is 5.55. The van der Waals surface area contributed by atoms with E-state index in [0.717, 1.165) is 8.47 Å². The summed E-state index contributed by atoms with van der Waals surface area (Å²) in [4.78, 5) is 39.0. The smallest absolute Gasteiger partial charge is 0.335 e. The summed E-state index contributed by atoms with van der Waals surface area (Å²) in [6, 6.07) is 7.46. The highest BCUT2D eigenvalue weighted by Crippen LogP contribution is 2.36. The summed E-state index contributed by atoms with van der Waals surface area (Å²) >= 11 is 8.15. The predicted molar refractivity (Wildman–Crippen MR) is 127 cm³/mol. The van der Waals surface area contributed by atoms with Gasteiger partial charge in [0.2, 0.25) is 0 Å². The number of carbonyl (C=O) groups is 3. The van der Waals surface area contributed by atoms with Crippen molar-refractivity contribution in [2.75, 3.05) is 12.0 Å². The van der Waals surface area contributed by atoms with Crippen LogP contribution < -0.4 is 19.7 Å². The van der Waals surface area contributed by atoms with E-state index >= 15 is 0 Å². The van der Waals surface area contributed by atoms with Gasteiger partial charge in [0.25, 0.3) is 11.8 Å². The number of nitrogens with one attached hydrogen (secondary N) is 1. The van der Waals surface area contributed by atoms with E-state index in [-0.39, 0.29) is 11.7 Å². The van der Waals surface area contributed by atoms with Crippen LogP contribution in [0, 0.1) is 10.5 Å². The van der Waals surface area contributed by atoms with Gasteiger partial charge in [-0.3, -0.25) is 14.9 Å². The quantitative estimate of drug-likeness (QED) is 0.329. The molecule has 1 aliphatic heterocycles. The Bertz CT molecular complexity index is 1110. The molecule has 9 heteroatoms. The fourth-order valence-electron chi connectivity index (χ4n) is 3.04. The average molecular weight is 555 g/mol. The van der Waals surface area contributed by atoms with E-state index in [0.29, 0.717) is 33.3 Å². The molecule has 2 aromatic carbocycles. The number of hydrogen-bond donors (Lipinski definition) is 1. The van der Waals surface area contributed by atoms with Crippen molar-refractivity contribution >= 4 is 63.8 Å². The van der Waals surface area contributed by atoms with E-state index in [9.17, 15) is 14.4 Å². The first kappa shape index (κ1) is 23.1. The Morgan fingerprint density at radius 1 is 1.16 bits per heavy atom. The fourth-order valence-corrected chi connectivity index (χ4v) is 3.96. The number of ether oxygens (including phenoxy) is 2. The molecule has 0 aromatic heterocycles. The van der Waals surface area contributed by atoms with Gasteiger partial charge in [0.15, 0.2) is 11.5 Å². The van der Waals surface area contributed by atoms with Crippen LogP contribution >= 0.6 is 34.2 Å². The molecule has 162 valence electrons. The number of benzene rings is 2. The molecule has 3 rings (SSSR count). The summed E-state index contributed by atoms with van der Waals surface area (Å²) in [5.74, 6) is -0.473. The number of halogens is 2. The molecule has 0 radical (unpaired) electrons. The van der Waals surface area contributed by atoms with E-state index in [1.54, 1.807) is 31.2 Å². The van der Waals surface area contributed by atoms with Crippen LogP contribution in [0.2, 0.25) is 5.02 Å². The molecule has 0 bridgehead atoms. The Labute approximate surface area is 198 Å². The maximum Gasteiger partial charge on any atom is 0.335 e. The maximum atomic E-state index is 13.1.